The van der Waals surface area contributed by atoms with Gasteiger partial charge in [0.1, 0.15) is 0 Å². The van der Waals surface area contributed by atoms with E-state index in [9.17, 15) is 0 Å². The zero-order valence-electron chi connectivity index (χ0n) is 8.17. The minimum Gasteiger partial charge on any atom is -0.394 e. The summed E-state index contributed by atoms with van der Waals surface area (Å²) < 4.78 is 1.48. The van der Waals surface area contributed by atoms with E-state index in [2.05, 4.69) is 10.3 Å². The van der Waals surface area contributed by atoms with Gasteiger partial charge >= 0.3 is 0 Å². The molecular weight excluding hydrogens is 184 g/mol. The highest BCUT2D eigenvalue weighted by atomic mass is 16.3. The van der Waals surface area contributed by atoms with Gasteiger partial charge in [0.15, 0.2) is 0 Å². The third-order valence-corrected chi connectivity index (χ3v) is 1.98. The van der Waals surface area contributed by atoms with Crippen LogP contribution in [-0.2, 0) is 6.54 Å². The third-order valence-electron chi connectivity index (χ3n) is 1.98. The minimum absolute atomic E-state index is 0.116. The highest BCUT2D eigenvalue weighted by molar-refractivity contribution is 4.98. The van der Waals surface area contributed by atoms with E-state index in [-0.39, 0.29) is 19.2 Å². The molecule has 1 heterocycles. The van der Waals surface area contributed by atoms with Crippen molar-refractivity contribution in [2.75, 3.05) is 6.61 Å². The van der Waals surface area contributed by atoms with Crippen molar-refractivity contribution in [3.05, 3.63) is 11.9 Å². The Morgan fingerprint density at radius 3 is 2.93 bits per heavy atom. The second-order valence-corrected chi connectivity index (χ2v) is 3.22. The molecule has 1 aromatic rings. The molecular formula is C8H16N4O2. The summed E-state index contributed by atoms with van der Waals surface area (Å²) in [6.07, 6.45) is 1.68. The zero-order chi connectivity index (χ0) is 10.6. The van der Waals surface area contributed by atoms with Gasteiger partial charge in [0.2, 0.25) is 0 Å². The smallest absolute Gasteiger partial charge is 0.0994 e. The van der Waals surface area contributed by atoms with Gasteiger partial charge < -0.3 is 15.9 Å². The van der Waals surface area contributed by atoms with Gasteiger partial charge in [-0.2, -0.15) is 0 Å². The summed E-state index contributed by atoms with van der Waals surface area (Å²) in [5, 5.41) is 25.4. The van der Waals surface area contributed by atoms with Crippen LogP contribution in [-0.4, -0.2) is 37.9 Å². The van der Waals surface area contributed by atoms with Gasteiger partial charge in [-0.1, -0.05) is 12.1 Å². The topological polar surface area (TPSA) is 97.2 Å². The molecule has 2 atom stereocenters. The molecule has 4 N–H and O–H groups in total. The van der Waals surface area contributed by atoms with Gasteiger partial charge in [0.05, 0.1) is 37.2 Å². The lowest BCUT2D eigenvalue weighted by molar-refractivity contribution is 0.0778. The number of aliphatic hydroxyl groups is 2. The van der Waals surface area contributed by atoms with E-state index in [4.69, 9.17) is 15.9 Å². The van der Waals surface area contributed by atoms with Crippen molar-refractivity contribution >= 4 is 0 Å². The predicted octanol–water partition coefficient (Wildman–Crippen LogP) is -0.959. The van der Waals surface area contributed by atoms with Crippen LogP contribution in [0, 0.1) is 0 Å². The van der Waals surface area contributed by atoms with Crippen LogP contribution < -0.4 is 5.73 Å². The van der Waals surface area contributed by atoms with Crippen LogP contribution in [0.4, 0.5) is 0 Å². The van der Waals surface area contributed by atoms with Crippen molar-refractivity contribution in [1.82, 2.24) is 15.0 Å². The Hall–Kier alpha value is -0.980. The summed E-state index contributed by atoms with van der Waals surface area (Å²) in [6.45, 7) is 1.92. The fraction of sp³-hybridized carbons (Fsp3) is 0.750. The first-order chi connectivity index (χ1) is 6.67. The number of rotatable bonds is 5. The maximum atomic E-state index is 9.15. The minimum atomic E-state index is -0.803. The molecule has 14 heavy (non-hydrogen) atoms. The summed E-state index contributed by atoms with van der Waals surface area (Å²) in [6, 6.07) is -0.116. The summed E-state index contributed by atoms with van der Waals surface area (Å²) in [5.74, 6) is 0. The Kier molecular flexibility index (Phi) is 3.99. The molecule has 80 valence electrons. The molecule has 0 aliphatic carbocycles. The number of nitrogens with zero attached hydrogens (tertiary/aromatic N) is 3. The Balaban J connectivity index is 2.59. The third kappa shape index (κ3) is 2.76. The van der Waals surface area contributed by atoms with Crippen molar-refractivity contribution in [2.24, 2.45) is 5.73 Å². The van der Waals surface area contributed by atoms with E-state index in [0.717, 1.165) is 6.42 Å². The van der Waals surface area contributed by atoms with Gasteiger partial charge in [-0.25, -0.2) is 4.68 Å². The average molecular weight is 200 g/mol. The molecule has 2 unspecified atom stereocenters. The normalized spacial score (nSPS) is 15.4. The van der Waals surface area contributed by atoms with Gasteiger partial charge in [0.25, 0.3) is 0 Å². The molecule has 0 spiro atoms. The number of nitrogens with two attached hydrogens (primary N) is 1. The van der Waals surface area contributed by atoms with Crippen LogP contribution in [0.1, 0.15) is 25.1 Å². The second kappa shape index (κ2) is 5.04. The van der Waals surface area contributed by atoms with E-state index in [0.29, 0.717) is 5.69 Å². The highest BCUT2D eigenvalue weighted by Crippen LogP contribution is 2.08. The van der Waals surface area contributed by atoms with Crippen LogP contribution in [0.3, 0.4) is 0 Å². The number of hydrogen-bond donors (Lipinski definition) is 3. The molecule has 0 aromatic carbocycles. The first-order valence-electron chi connectivity index (χ1n) is 4.61. The Morgan fingerprint density at radius 2 is 2.36 bits per heavy atom. The molecule has 0 bridgehead atoms. The van der Waals surface area contributed by atoms with Crippen molar-refractivity contribution in [1.29, 1.82) is 0 Å². The van der Waals surface area contributed by atoms with Crippen molar-refractivity contribution < 1.29 is 10.2 Å². The van der Waals surface area contributed by atoms with Crippen LogP contribution in [0.5, 0.6) is 0 Å². The number of aromatic nitrogens is 3. The van der Waals surface area contributed by atoms with Crippen LogP contribution in [0.2, 0.25) is 0 Å². The highest BCUT2D eigenvalue weighted by Gasteiger charge is 2.10. The van der Waals surface area contributed by atoms with E-state index in [1.807, 2.05) is 6.92 Å². The standard InChI is InChI=1S/C8H16N4O2/c1-2-7(9)8-4-12(11-10-8)3-6(14)5-13/h4,6-7,13-14H,2-3,5,9H2,1H3. The number of hydrogen-bond acceptors (Lipinski definition) is 5. The molecule has 0 amide bonds. The molecule has 0 fully saturated rings. The lowest BCUT2D eigenvalue weighted by Crippen LogP contribution is -2.20. The fourth-order valence-corrected chi connectivity index (χ4v) is 1.06. The zero-order valence-corrected chi connectivity index (χ0v) is 8.17. The van der Waals surface area contributed by atoms with Crippen molar-refractivity contribution in [3.8, 4) is 0 Å². The van der Waals surface area contributed by atoms with E-state index < -0.39 is 6.10 Å². The molecule has 0 saturated carbocycles. The Bertz CT molecular complexity index is 276. The lowest BCUT2D eigenvalue weighted by Gasteiger charge is -2.05. The van der Waals surface area contributed by atoms with Gasteiger partial charge in [-0.3, -0.25) is 0 Å². The van der Waals surface area contributed by atoms with Crippen LogP contribution >= 0.6 is 0 Å². The summed E-state index contributed by atoms with van der Waals surface area (Å²) in [7, 11) is 0. The summed E-state index contributed by atoms with van der Waals surface area (Å²) >= 11 is 0. The molecule has 0 aliphatic heterocycles. The van der Waals surface area contributed by atoms with Crippen LogP contribution in [0.15, 0.2) is 6.20 Å². The first kappa shape index (κ1) is 11.1. The average Bonchev–Trinajstić information content (AvgIpc) is 2.65. The monoisotopic (exact) mass is 200 g/mol. The maximum Gasteiger partial charge on any atom is 0.0994 e. The van der Waals surface area contributed by atoms with E-state index in [1.165, 1.54) is 4.68 Å². The van der Waals surface area contributed by atoms with Crippen molar-refractivity contribution in [2.45, 2.75) is 32.0 Å². The Labute approximate surface area is 82.3 Å². The Morgan fingerprint density at radius 1 is 1.64 bits per heavy atom. The SMILES string of the molecule is CCC(N)c1cn(CC(O)CO)nn1. The van der Waals surface area contributed by atoms with Crippen LogP contribution in [0.25, 0.3) is 0 Å². The molecule has 0 saturated heterocycles. The maximum absolute atomic E-state index is 9.15. The molecule has 0 aliphatic rings. The lowest BCUT2D eigenvalue weighted by atomic mass is 10.2. The predicted molar refractivity (Wildman–Crippen MR) is 50.3 cm³/mol. The van der Waals surface area contributed by atoms with E-state index in [1.54, 1.807) is 6.20 Å². The van der Waals surface area contributed by atoms with Gasteiger partial charge in [0, 0.05) is 0 Å². The second-order valence-electron chi connectivity index (χ2n) is 3.22. The molecule has 0 radical (unpaired) electrons. The van der Waals surface area contributed by atoms with Crippen molar-refractivity contribution in [3.63, 3.8) is 0 Å². The molecule has 1 aromatic heterocycles. The summed E-state index contributed by atoms with van der Waals surface area (Å²) in [5.41, 5.74) is 6.45. The van der Waals surface area contributed by atoms with Gasteiger partial charge in [-0.05, 0) is 6.42 Å². The quantitative estimate of drug-likeness (QED) is 0.569. The number of aliphatic hydroxyl groups excluding tert-OH is 2. The largest absolute Gasteiger partial charge is 0.394 e. The molecule has 1 rings (SSSR count). The molecule has 6 nitrogen and oxygen atoms in total. The fourth-order valence-electron chi connectivity index (χ4n) is 1.06. The molecule has 6 heteroatoms. The van der Waals surface area contributed by atoms with Gasteiger partial charge in [-0.15, -0.1) is 5.10 Å². The summed E-state index contributed by atoms with van der Waals surface area (Å²) in [4.78, 5) is 0. The van der Waals surface area contributed by atoms with E-state index >= 15 is 0 Å². The first-order valence-corrected chi connectivity index (χ1v) is 4.61.